The van der Waals surface area contributed by atoms with Gasteiger partial charge in [-0.3, -0.25) is 19.7 Å². The molecule has 0 spiro atoms. The molecule has 0 saturated carbocycles. The van der Waals surface area contributed by atoms with Gasteiger partial charge in [0.1, 0.15) is 11.9 Å². The third-order valence-electron chi connectivity index (χ3n) is 5.31. The Morgan fingerprint density at radius 1 is 0.970 bits per heavy atom. The molecule has 33 heavy (non-hydrogen) atoms. The molecule has 3 aromatic carbocycles. The summed E-state index contributed by atoms with van der Waals surface area (Å²) in [7, 11) is 1.49. The smallest absolute Gasteiger partial charge is 0.273 e. The van der Waals surface area contributed by atoms with Crippen molar-refractivity contribution in [3.8, 4) is 0 Å². The maximum absolute atomic E-state index is 13.5. The van der Waals surface area contributed by atoms with E-state index >= 15 is 0 Å². The Labute approximate surface area is 191 Å². The number of carbonyl (C=O) groups is 2. The number of hydrogen-bond donors (Lipinski definition) is 1. The molecule has 8 heteroatoms. The zero-order valence-electron chi connectivity index (χ0n) is 18.1. The first kappa shape index (κ1) is 23.6. The van der Waals surface area contributed by atoms with Crippen LogP contribution in [0, 0.1) is 15.9 Å². The molecule has 1 atom stereocenters. The second-order valence-corrected chi connectivity index (χ2v) is 7.53. The Balaban J connectivity index is 1.97. The van der Waals surface area contributed by atoms with Gasteiger partial charge in [0.25, 0.3) is 5.69 Å². The normalized spacial score (nSPS) is 11.5. The number of benzene rings is 3. The predicted octanol–water partition coefficient (Wildman–Crippen LogP) is 3.66. The van der Waals surface area contributed by atoms with E-state index < -0.39 is 22.7 Å². The topological polar surface area (TPSA) is 92.6 Å². The number of nitrogens with zero attached hydrogens (tertiary/aromatic N) is 2. The van der Waals surface area contributed by atoms with Crippen LogP contribution >= 0.6 is 0 Å². The number of rotatable bonds is 9. The van der Waals surface area contributed by atoms with Gasteiger partial charge in [0.05, 0.1) is 11.3 Å². The highest BCUT2D eigenvalue weighted by atomic mass is 19.1. The molecule has 0 saturated heterocycles. The van der Waals surface area contributed by atoms with Crippen molar-refractivity contribution in [1.29, 1.82) is 0 Å². The summed E-state index contributed by atoms with van der Waals surface area (Å²) in [6.07, 6.45) is 0.00492. The van der Waals surface area contributed by atoms with E-state index in [9.17, 15) is 24.1 Å². The van der Waals surface area contributed by atoms with Gasteiger partial charge >= 0.3 is 0 Å². The van der Waals surface area contributed by atoms with Crippen molar-refractivity contribution in [1.82, 2.24) is 10.2 Å². The van der Waals surface area contributed by atoms with Gasteiger partial charge in [0.2, 0.25) is 11.8 Å². The Hall–Kier alpha value is -4.07. The molecule has 1 N–H and O–H groups in total. The number of para-hydroxylation sites is 1. The van der Waals surface area contributed by atoms with Crippen LogP contribution in [0.3, 0.4) is 0 Å². The van der Waals surface area contributed by atoms with Crippen molar-refractivity contribution in [2.45, 2.75) is 25.4 Å². The molecule has 0 aliphatic carbocycles. The van der Waals surface area contributed by atoms with Crippen LogP contribution in [0.4, 0.5) is 10.1 Å². The molecule has 3 rings (SSSR count). The summed E-state index contributed by atoms with van der Waals surface area (Å²) < 4.78 is 13.4. The lowest BCUT2D eigenvalue weighted by Crippen LogP contribution is -2.50. The molecule has 3 aromatic rings. The van der Waals surface area contributed by atoms with E-state index in [4.69, 9.17) is 0 Å². The first-order chi connectivity index (χ1) is 15.9. The minimum atomic E-state index is -0.863. The fourth-order valence-corrected chi connectivity index (χ4v) is 3.61. The van der Waals surface area contributed by atoms with E-state index in [1.54, 1.807) is 18.2 Å². The quantitative estimate of drug-likeness (QED) is 0.399. The minimum Gasteiger partial charge on any atom is -0.357 e. The van der Waals surface area contributed by atoms with E-state index in [1.807, 2.05) is 30.3 Å². The van der Waals surface area contributed by atoms with E-state index in [-0.39, 0.29) is 36.5 Å². The van der Waals surface area contributed by atoms with E-state index in [0.717, 1.165) is 5.56 Å². The Bertz CT molecular complexity index is 1120. The maximum Gasteiger partial charge on any atom is 0.273 e. The maximum atomic E-state index is 13.5. The van der Waals surface area contributed by atoms with Crippen molar-refractivity contribution in [3.05, 3.63) is 111 Å². The lowest BCUT2D eigenvalue weighted by atomic mass is 10.0. The lowest BCUT2D eigenvalue weighted by Gasteiger charge is -2.31. The highest BCUT2D eigenvalue weighted by molar-refractivity contribution is 5.89. The van der Waals surface area contributed by atoms with Crippen molar-refractivity contribution >= 4 is 17.5 Å². The van der Waals surface area contributed by atoms with Crippen LogP contribution in [0.1, 0.15) is 16.7 Å². The molecule has 0 aromatic heterocycles. The number of nitro groups is 1. The first-order valence-corrected chi connectivity index (χ1v) is 10.4. The number of nitro benzene ring substituents is 1. The van der Waals surface area contributed by atoms with E-state index in [0.29, 0.717) is 5.56 Å². The molecule has 1 unspecified atom stereocenters. The van der Waals surface area contributed by atoms with Gasteiger partial charge in [0.15, 0.2) is 0 Å². The largest absolute Gasteiger partial charge is 0.357 e. The summed E-state index contributed by atoms with van der Waals surface area (Å²) in [6, 6.07) is 20.1. The SMILES string of the molecule is CNC(=O)C(Cc1ccccc1)N(Cc1ccc(F)cc1)C(=O)Cc1ccccc1[N+](=O)[O-]. The van der Waals surface area contributed by atoms with Crippen LogP contribution in [-0.4, -0.2) is 34.7 Å². The third kappa shape index (κ3) is 6.22. The third-order valence-corrected chi connectivity index (χ3v) is 5.31. The van der Waals surface area contributed by atoms with E-state index in [1.165, 1.54) is 42.3 Å². The van der Waals surface area contributed by atoms with Crippen molar-refractivity contribution in [2.24, 2.45) is 0 Å². The number of hydrogen-bond acceptors (Lipinski definition) is 4. The molecule has 0 aliphatic rings. The summed E-state index contributed by atoms with van der Waals surface area (Å²) in [5.74, 6) is -1.22. The summed E-state index contributed by atoms with van der Waals surface area (Å²) in [4.78, 5) is 38.6. The zero-order chi connectivity index (χ0) is 23.8. The van der Waals surface area contributed by atoms with Crippen LogP contribution in [0.2, 0.25) is 0 Å². The summed E-state index contributed by atoms with van der Waals surface area (Å²) >= 11 is 0. The average Bonchev–Trinajstić information content (AvgIpc) is 2.82. The highest BCUT2D eigenvalue weighted by Crippen LogP contribution is 2.21. The number of amides is 2. The Morgan fingerprint density at radius 3 is 2.24 bits per heavy atom. The molecular formula is C25H24FN3O4. The molecule has 0 radical (unpaired) electrons. The number of carbonyl (C=O) groups excluding carboxylic acids is 2. The molecule has 0 bridgehead atoms. The molecule has 2 amide bonds. The van der Waals surface area contributed by atoms with Gasteiger partial charge in [-0.15, -0.1) is 0 Å². The Kier molecular flexibility index (Phi) is 7.86. The number of nitrogens with one attached hydrogen (secondary N) is 1. The van der Waals surface area contributed by atoms with Crippen molar-refractivity contribution in [2.75, 3.05) is 7.05 Å². The standard InChI is InChI=1S/C25H24FN3O4/c1-27-25(31)23(15-18-7-3-2-4-8-18)28(17-19-11-13-21(26)14-12-19)24(30)16-20-9-5-6-10-22(20)29(32)33/h2-14,23H,15-17H2,1H3,(H,27,31). The second-order valence-electron chi connectivity index (χ2n) is 7.53. The summed E-state index contributed by atoms with van der Waals surface area (Å²) in [5.41, 5.74) is 1.59. The van der Waals surface area contributed by atoms with Crippen LogP contribution in [0.5, 0.6) is 0 Å². The fraction of sp³-hybridized carbons (Fsp3) is 0.200. The highest BCUT2D eigenvalue weighted by Gasteiger charge is 2.31. The van der Waals surface area contributed by atoms with Gasteiger partial charge in [0, 0.05) is 31.6 Å². The van der Waals surface area contributed by atoms with E-state index in [2.05, 4.69) is 5.32 Å². The van der Waals surface area contributed by atoms with Gasteiger partial charge in [-0.25, -0.2) is 4.39 Å². The Morgan fingerprint density at radius 2 is 1.61 bits per heavy atom. The lowest BCUT2D eigenvalue weighted by molar-refractivity contribution is -0.385. The molecule has 7 nitrogen and oxygen atoms in total. The molecule has 170 valence electrons. The van der Waals surface area contributed by atoms with Gasteiger partial charge in [-0.05, 0) is 23.3 Å². The zero-order valence-corrected chi connectivity index (χ0v) is 18.1. The van der Waals surface area contributed by atoms with Crippen molar-refractivity contribution in [3.63, 3.8) is 0 Å². The number of likely N-dealkylation sites (N-methyl/N-ethyl adjacent to an activating group) is 1. The predicted molar refractivity (Wildman–Crippen MR) is 122 cm³/mol. The molecule has 0 heterocycles. The fourth-order valence-electron chi connectivity index (χ4n) is 3.61. The average molecular weight is 449 g/mol. The minimum absolute atomic E-state index is 0.0463. The van der Waals surface area contributed by atoms with Gasteiger partial charge in [-0.1, -0.05) is 60.7 Å². The van der Waals surface area contributed by atoms with Gasteiger partial charge in [-0.2, -0.15) is 0 Å². The molecule has 0 fully saturated rings. The van der Waals surface area contributed by atoms with Crippen LogP contribution in [-0.2, 0) is 29.0 Å². The second kappa shape index (κ2) is 11.0. The van der Waals surface area contributed by atoms with Crippen molar-refractivity contribution < 1.29 is 18.9 Å². The van der Waals surface area contributed by atoms with Crippen LogP contribution in [0.25, 0.3) is 0 Å². The molecule has 0 aliphatic heterocycles. The van der Waals surface area contributed by atoms with Gasteiger partial charge < -0.3 is 10.2 Å². The molecular weight excluding hydrogens is 425 g/mol. The monoisotopic (exact) mass is 449 g/mol. The van der Waals surface area contributed by atoms with Crippen LogP contribution in [0.15, 0.2) is 78.9 Å². The van der Waals surface area contributed by atoms with Crippen LogP contribution < -0.4 is 5.32 Å². The summed E-state index contributed by atoms with van der Waals surface area (Å²) in [6.45, 7) is 0.0463. The first-order valence-electron chi connectivity index (χ1n) is 10.4. The number of halogens is 1. The summed E-state index contributed by atoms with van der Waals surface area (Å²) in [5, 5.41) is 14.0.